The van der Waals surface area contributed by atoms with Gasteiger partial charge in [0.2, 0.25) is 0 Å². The molecule has 1 saturated heterocycles. The third kappa shape index (κ3) is 1.30. The van der Waals surface area contributed by atoms with Crippen molar-refractivity contribution in [3.8, 4) is 0 Å². The Labute approximate surface area is 55.2 Å². The van der Waals surface area contributed by atoms with Crippen LogP contribution in [0.25, 0.3) is 0 Å². The summed E-state index contributed by atoms with van der Waals surface area (Å²) in [6.45, 7) is 4.99. The number of rotatable bonds is 0. The summed E-state index contributed by atoms with van der Waals surface area (Å²) in [6.07, 6.45) is 0.867. The zero-order chi connectivity index (χ0) is 6.91. The van der Waals surface area contributed by atoms with Crippen molar-refractivity contribution in [3.05, 3.63) is 0 Å². The lowest BCUT2D eigenvalue weighted by molar-refractivity contribution is -0.138. The van der Waals surface area contributed by atoms with Crippen LogP contribution in [0.4, 0.5) is 0 Å². The van der Waals surface area contributed by atoms with E-state index in [9.17, 15) is 4.79 Å². The van der Waals surface area contributed by atoms with Crippen molar-refractivity contribution < 1.29 is 9.53 Å². The zero-order valence-corrected chi connectivity index (χ0v) is 5.94. The molecule has 2 heteroatoms. The first-order valence-corrected chi connectivity index (χ1v) is 3.24. The third-order valence-electron chi connectivity index (χ3n) is 1.86. The van der Waals surface area contributed by atoms with Crippen LogP contribution >= 0.6 is 0 Å². The van der Waals surface area contributed by atoms with Crippen molar-refractivity contribution in [2.75, 3.05) is 13.2 Å². The van der Waals surface area contributed by atoms with Crippen LogP contribution < -0.4 is 0 Å². The molecule has 0 spiro atoms. The van der Waals surface area contributed by atoms with E-state index in [4.69, 9.17) is 4.74 Å². The van der Waals surface area contributed by atoms with Crippen LogP contribution in [0.3, 0.4) is 0 Å². The highest BCUT2D eigenvalue weighted by Gasteiger charge is 2.30. The lowest BCUT2D eigenvalue weighted by Crippen LogP contribution is -2.34. The highest BCUT2D eigenvalue weighted by Crippen LogP contribution is 2.24. The smallest absolute Gasteiger partial charge is 0.164 e. The summed E-state index contributed by atoms with van der Waals surface area (Å²) in [4.78, 5) is 11.0. The summed E-state index contributed by atoms with van der Waals surface area (Å²) in [5, 5.41) is 0. The molecule has 0 aromatic carbocycles. The Bertz CT molecular complexity index is 127. The van der Waals surface area contributed by atoms with Gasteiger partial charge in [0.05, 0.1) is 0 Å². The second-order valence-electron chi connectivity index (χ2n) is 3.11. The topological polar surface area (TPSA) is 26.3 Å². The van der Waals surface area contributed by atoms with Gasteiger partial charge in [0.15, 0.2) is 5.78 Å². The lowest BCUT2D eigenvalue weighted by Gasteiger charge is -2.27. The lowest BCUT2D eigenvalue weighted by atomic mass is 9.84. The highest BCUT2D eigenvalue weighted by atomic mass is 16.5. The van der Waals surface area contributed by atoms with Gasteiger partial charge in [-0.1, -0.05) is 13.8 Å². The molecular weight excluding hydrogens is 116 g/mol. The molecule has 1 heterocycles. The van der Waals surface area contributed by atoms with Gasteiger partial charge in [-0.2, -0.15) is 0 Å². The Morgan fingerprint density at radius 3 is 2.56 bits per heavy atom. The van der Waals surface area contributed by atoms with E-state index in [1.165, 1.54) is 0 Å². The van der Waals surface area contributed by atoms with Gasteiger partial charge >= 0.3 is 0 Å². The molecule has 1 rings (SSSR count). The molecule has 0 bridgehead atoms. The number of Topliss-reactive ketones (excluding diaryl/α,β-unsaturated/α-hetero) is 1. The third-order valence-corrected chi connectivity index (χ3v) is 1.86. The fraction of sp³-hybridized carbons (Fsp3) is 0.857. The Kier molecular flexibility index (Phi) is 1.58. The van der Waals surface area contributed by atoms with E-state index in [1.54, 1.807) is 0 Å². The first-order chi connectivity index (χ1) is 4.13. The Hall–Kier alpha value is -0.370. The Morgan fingerprint density at radius 2 is 2.22 bits per heavy atom. The summed E-state index contributed by atoms with van der Waals surface area (Å²) in [5.41, 5.74) is -0.127. The van der Waals surface area contributed by atoms with Crippen molar-refractivity contribution >= 4 is 5.78 Å². The van der Waals surface area contributed by atoms with Gasteiger partial charge in [-0.15, -0.1) is 0 Å². The summed E-state index contributed by atoms with van der Waals surface area (Å²) >= 11 is 0. The molecule has 0 unspecified atom stereocenters. The second kappa shape index (κ2) is 2.10. The van der Waals surface area contributed by atoms with Gasteiger partial charge in [-0.25, -0.2) is 0 Å². The van der Waals surface area contributed by atoms with Gasteiger partial charge in [0.25, 0.3) is 0 Å². The van der Waals surface area contributed by atoms with Gasteiger partial charge in [0.1, 0.15) is 6.61 Å². The van der Waals surface area contributed by atoms with Crippen LogP contribution in [0.15, 0.2) is 0 Å². The normalized spacial score (nSPS) is 26.2. The van der Waals surface area contributed by atoms with Crippen molar-refractivity contribution in [2.24, 2.45) is 5.41 Å². The first-order valence-electron chi connectivity index (χ1n) is 3.24. The predicted molar refractivity (Wildman–Crippen MR) is 34.2 cm³/mol. The molecular formula is C7H12O2. The van der Waals surface area contributed by atoms with Crippen molar-refractivity contribution in [1.82, 2.24) is 0 Å². The van der Waals surface area contributed by atoms with Gasteiger partial charge in [-0.05, 0) is 6.42 Å². The SMILES string of the molecule is CC1(C)CCOCC1=O. The number of hydrogen-bond acceptors (Lipinski definition) is 2. The van der Waals surface area contributed by atoms with Crippen molar-refractivity contribution in [3.63, 3.8) is 0 Å². The average molecular weight is 128 g/mol. The molecule has 1 aliphatic heterocycles. The van der Waals surface area contributed by atoms with E-state index < -0.39 is 0 Å². The molecule has 0 saturated carbocycles. The number of ether oxygens (including phenoxy) is 1. The number of carbonyl (C=O) groups excluding carboxylic acids is 1. The van der Waals surface area contributed by atoms with Crippen LogP contribution in [-0.4, -0.2) is 19.0 Å². The number of carbonyl (C=O) groups is 1. The predicted octanol–water partition coefficient (Wildman–Crippen LogP) is 1.00. The second-order valence-corrected chi connectivity index (χ2v) is 3.11. The maximum Gasteiger partial charge on any atom is 0.164 e. The molecule has 1 fully saturated rings. The number of ketones is 1. The molecule has 0 aromatic rings. The molecule has 52 valence electrons. The minimum Gasteiger partial charge on any atom is -0.374 e. The van der Waals surface area contributed by atoms with Crippen molar-refractivity contribution in [1.29, 1.82) is 0 Å². The van der Waals surface area contributed by atoms with E-state index in [0.717, 1.165) is 13.0 Å². The Morgan fingerprint density at radius 1 is 1.56 bits per heavy atom. The monoisotopic (exact) mass is 128 g/mol. The molecule has 0 N–H and O–H groups in total. The maximum absolute atomic E-state index is 11.0. The van der Waals surface area contributed by atoms with Crippen LogP contribution in [0, 0.1) is 5.41 Å². The quantitative estimate of drug-likeness (QED) is 0.486. The molecule has 9 heavy (non-hydrogen) atoms. The summed E-state index contributed by atoms with van der Waals surface area (Å²) in [6, 6.07) is 0. The highest BCUT2D eigenvalue weighted by molar-refractivity contribution is 5.85. The van der Waals surface area contributed by atoms with Crippen molar-refractivity contribution in [2.45, 2.75) is 20.3 Å². The standard InChI is InChI=1S/C7H12O2/c1-7(2)3-4-9-5-6(7)8/h3-5H2,1-2H3. The average Bonchev–Trinajstić information content (AvgIpc) is 1.77. The molecule has 0 atom stereocenters. The largest absolute Gasteiger partial charge is 0.374 e. The van der Waals surface area contributed by atoms with E-state index in [1.807, 2.05) is 13.8 Å². The minimum absolute atomic E-state index is 0.127. The molecule has 0 aliphatic carbocycles. The summed E-state index contributed by atoms with van der Waals surface area (Å²) < 4.78 is 4.97. The maximum atomic E-state index is 11.0. The number of hydrogen-bond donors (Lipinski definition) is 0. The van der Waals surface area contributed by atoms with Gasteiger partial charge in [-0.3, -0.25) is 4.79 Å². The summed E-state index contributed by atoms with van der Waals surface area (Å²) in [7, 11) is 0. The van der Waals surface area contributed by atoms with Gasteiger partial charge in [0, 0.05) is 12.0 Å². The van der Waals surface area contributed by atoms with E-state index in [2.05, 4.69) is 0 Å². The molecule has 2 nitrogen and oxygen atoms in total. The van der Waals surface area contributed by atoms with E-state index in [-0.39, 0.29) is 11.2 Å². The Balaban J connectivity index is 2.60. The van der Waals surface area contributed by atoms with Gasteiger partial charge < -0.3 is 4.74 Å². The fourth-order valence-corrected chi connectivity index (χ4v) is 0.827. The molecule has 0 radical (unpaired) electrons. The minimum atomic E-state index is -0.127. The van der Waals surface area contributed by atoms with Crippen LogP contribution in [0.5, 0.6) is 0 Å². The van der Waals surface area contributed by atoms with Crippen LogP contribution in [-0.2, 0) is 9.53 Å². The van der Waals surface area contributed by atoms with E-state index >= 15 is 0 Å². The fourth-order valence-electron chi connectivity index (χ4n) is 0.827. The van der Waals surface area contributed by atoms with Crippen LogP contribution in [0.1, 0.15) is 20.3 Å². The zero-order valence-electron chi connectivity index (χ0n) is 5.94. The molecule has 1 aliphatic rings. The first kappa shape index (κ1) is 6.75. The van der Waals surface area contributed by atoms with Crippen LogP contribution in [0.2, 0.25) is 0 Å². The summed E-state index contributed by atoms with van der Waals surface area (Å²) in [5.74, 6) is 0.230. The molecule has 0 aromatic heterocycles. The van der Waals surface area contributed by atoms with E-state index in [0.29, 0.717) is 6.61 Å². The molecule has 0 amide bonds.